The SMILES string of the molecule is C1CCONC1.CCCCCCCCCCCCCC(N)=O. The van der Waals surface area contributed by atoms with Crippen LogP contribution in [0.4, 0.5) is 0 Å². The third kappa shape index (κ3) is 19.4. The van der Waals surface area contributed by atoms with Gasteiger partial charge in [0.2, 0.25) is 5.91 Å². The minimum Gasteiger partial charge on any atom is -0.370 e. The van der Waals surface area contributed by atoms with Crippen LogP contribution in [0.15, 0.2) is 0 Å². The Morgan fingerprint density at radius 1 is 0.909 bits per heavy atom. The molecule has 0 bridgehead atoms. The van der Waals surface area contributed by atoms with E-state index in [0.29, 0.717) is 6.42 Å². The monoisotopic (exact) mass is 314 g/mol. The van der Waals surface area contributed by atoms with Crippen LogP contribution in [0.25, 0.3) is 0 Å². The second-order valence-electron chi connectivity index (χ2n) is 6.20. The van der Waals surface area contributed by atoms with Crippen LogP contribution in [-0.2, 0) is 9.63 Å². The number of nitrogens with one attached hydrogen (secondary N) is 1. The van der Waals surface area contributed by atoms with Crippen molar-refractivity contribution in [2.45, 2.75) is 96.8 Å². The average molecular weight is 315 g/mol. The van der Waals surface area contributed by atoms with Gasteiger partial charge in [-0.1, -0.05) is 71.1 Å². The fraction of sp³-hybridized carbons (Fsp3) is 0.944. The van der Waals surface area contributed by atoms with E-state index in [1.807, 2.05) is 0 Å². The maximum Gasteiger partial charge on any atom is 0.217 e. The Bertz CT molecular complexity index is 220. The summed E-state index contributed by atoms with van der Waals surface area (Å²) in [6.07, 6.45) is 17.5. The molecular weight excluding hydrogens is 276 g/mol. The van der Waals surface area contributed by atoms with Crippen LogP contribution in [0, 0.1) is 0 Å². The van der Waals surface area contributed by atoms with Crippen LogP contribution in [-0.4, -0.2) is 19.1 Å². The first-order valence-electron chi connectivity index (χ1n) is 9.40. The summed E-state index contributed by atoms with van der Waals surface area (Å²) in [6.45, 7) is 4.17. The van der Waals surface area contributed by atoms with Gasteiger partial charge in [0.25, 0.3) is 0 Å². The Hall–Kier alpha value is -0.610. The molecule has 4 nitrogen and oxygen atoms in total. The number of hydrogen-bond acceptors (Lipinski definition) is 3. The molecule has 0 aromatic heterocycles. The topological polar surface area (TPSA) is 64.3 Å². The molecule has 0 aliphatic carbocycles. The average Bonchev–Trinajstić information content (AvgIpc) is 2.54. The van der Waals surface area contributed by atoms with E-state index in [4.69, 9.17) is 10.6 Å². The van der Waals surface area contributed by atoms with Crippen LogP contribution < -0.4 is 11.2 Å². The van der Waals surface area contributed by atoms with Gasteiger partial charge in [0.1, 0.15) is 0 Å². The first kappa shape index (κ1) is 21.4. The first-order chi connectivity index (χ1) is 10.8. The van der Waals surface area contributed by atoms with E-state index in [2.05, 4.69) is 12.4 Å². The van der Waals surface area contributed by atoms with E-state index < -0.39 is 0 Å². The lowest BCUT2D eigenvalue weighted by atomic mass is 10.1. The van der Waals surface area contributed by atoms with Crippen LogP contribution in [0.2, 0.25) is 0 Å². The highest BCUT2D eigenvalue weighted by Gasteiger charge is 1.95. The molecule has 1 aliphatic heterocycles. The number of hydrogen-bond donors (Lipinski definition) is 2. The van der Waals surface area contributed by atoms with Crippen LogP contribution in [0.5, 0.6) is 0 Å². The van der Waals surface area contributed by atoms with Crippen LogP contribution >= 0.6 is 0 Å². The van der Waals surface area contributed by atoms with Crippen molar-refractivity contribution in [2.75, 3.05) is 13.2 Å². The summed E-state index contributed by atoms with van der Waals surface area (Å²) < 4.78 is 0. The highest BCUT2D eigenvalue weighted by atomic mass is 16.6. The molecule has 132 valence electrons. The van der Waals surface area contributed by atoms with E-state index in [0.717, 1.165) is 19.6 Å². The molecule has 0 unspecified atom stereocenters. The van der Waals surface area contributed by atoms with Crippen molar-refractivity contribution in [1.29, 1.82) is 0 Å². The van der Waals surface area contributed by atoms with Gasteiger partial charge in [0, 0.05) is 13.0 Å². The van der Waals surface area contributed by atoms with Gasteiger partial charge >= 0.3 is 0 Å². The molecule has 0 spiro atoms. The van der Waals surface area contributed by atoms with Crippen molar-refractivity contribution in [2.24, 2.45) is 5.73 Å². The number of nitrogens with two attached hydrogens (primary N) is 1. The zero-order chi connectivity index (χ0) is 16.3. The first-order valence-corrected chi connectivity index (χ1v) is 9.40. The summed E-state index contributed by atoms with van der Waals surface area (Å²) in [5.74, 6) is -0.157. The van der Waals surface area contributed by atoms with Gasteiger partial charge in [-0.3, -0.25) is 4.79 Å². The van der Waals surface area contributed by atoms with Crippen molar-refractivity contribution in [3.63, 3.8) is 0 Å². The zero-order valence-corrected chi connectivity index (χ0v) is 14.7. The lowest BCUT2D eigenvalue weighted by Crippen LogP contribution is -2.22. The van der Waals surface area contributed by atoms with Crippen molar-refractivity contribution in [1.82, 2.24) is 5.48 Å². The van der Waals surface area contributed by atoms with Gasteiger partial charge in [-0.15, -0.1) is 0 Å². The van der Waals surface area contributed by atoms with Crippen LogP contribution in [0.1, 0.15) is 96.8 Å². The Labute approximate surface area is 137 Å². The minimum absolute atomic E-state index is 0.157. The van der Waals surface area contributed by atoms with Gasteiger partial charge in [0.05, 0.1) is 6.61 Å². The zero-order valence-electron chi connectivity index (χ0n) is 14.7. The van der Waals surface area contributed by atoms with Crippen LogP contribution in [0.3, 0.4) is 0 Å². The highest BCUT2D eigenvalue weighted by molar-refractivity contribution is 5.73. The van der Waals surface area contributed by atoms with E-state index >= 15 is 0 Å². The molecule has 4 heteroatoms. The van der Waals surface area contributed by atoms with Crippen molar-refractivity contribution in [3.05, 3.63) is 0 Å². The predicted molar refractivity (Wildman–Crippen MR) is 93.5 cm³/mol. The molecule has 1 saturated heterocycles. The van der Waals surface area contributed by atoms with Gasteiger partial charge in [-0.25, -0.2) is 5.48 Å². The maximum absolute atomic E-state index is 10.5. The summed E-state index contributed by atoms with van der Waals surface area (Å²) in [6, 6.07) is 0. The number of primary amides is 1. The van der Waals surface area contributed by atoms with Gasteiger partial charge in [0.15, 0.2) is 0 Å². The molecule has 0 radical (unpaired) electrons. The standard InChI is InChI=1S/C14H29NO.C4H9NO/c1-2-3-4-5-6-7-8-9-10-11-12-13-14(15)16;1-2-4-6-5-3-1/h2-13H2,1H3,(H2,15,16);5H,1-4H2. The predicted octanol–water partition coefficient (Wildman–Crippen LogP) is 4.47. The lowest BCUT2D eigenvalue weighted by molar-refractivity contribution is -0.118. The third-order valence-corrected chi connectivity index (χ3v) is 3.90. The summed E-state index contributed by atoms with van der Waals surface area (Å²) >= 11 is 0. The van der Waals surface area contributed by atoms with Gasteiger partial charge < -0.3 is 10.6 Å². The Morgan fingerprint density at radius 2 is 1.45 bits per heavy atom. The lowest BCUT2D eigenvalue weighted by Gasteiger charge is -2.09. The molecule has 0 atom stereocenters. The Morgan fingerprint density at radius 3 is 1.77 bits per heavy atom. The number of unbranched alkanes of at least 4 members (excludes halogenated alkanes) is 10. The third-order valence-electron chi connectivity index (χ3n) is 3.90. The number of carbonyl (C=O) groups is 1. The fourth-order valence-corrected chi connectivity index (χ4v) is 2.48. The van der Waals surface area contributed by atoms with E-state index in [9.17, 15) is 4.79 Å². The minimum atomic E-state index is -0.157. The van der Waals surface area contributed by atoms with Crippen molar-refractivity contribution in [3.8, 4) is 0 Å². The number of rotatable bonds is 12. The summed E-state index contributed by atoms with van der Waals surface area (Å²) in [5.41, 5.74) is 7.86. The molecule has 1 amide bonds. The number of carbonyl (C=O) groups excluding carboxylic acids is 1. The van der Waals surface area contributed by atoms with E-state index in [1.165, 1.54) is 77.0 Å². The second kappa shape index (κ2) is 18.4. The van der Waals surface area contributed by atoms with Crippen molar-refractivity contribution >= 4 is 5.91 Å². The van der Waals surface area contributed by atoms with Crippen molar-refractivity contribution < 1.29 is 9.63 Å². The summed E-state index contributed by atoms with van der Waals surface area (Å²) in [5, 5.41) is 0. The summed E-state index contributed by atoms with van der Waals surface area (Å²) in [4.78, 5) is 15.3. The molecule has 1 heterocycles. The van der Waals surface area contributed by atoms with Gasteiger partial charge in [-0.05, 0) is 19.3 Å². The molecular formula is C18H38N2O2. The molecule has 1 rings (SSSR count). The maximum atomic E-state index is 10.5. The molecule has 0 saturated carbocycles. The largest absolute Gasteiger partial charge is 0.370 e. The molecule has 3 N–H and O–H groups in total. The summed E-state index contributed by atoms with van der Waals surface area (Å²) in [7, 11) is 0. The quantitative estimate of drug-likeness (QED) is 0.522. The smallest absolute Gasteiger partial charge is 0.217 e. The molecule has 1 aliphatic rings. The molecule has 1 fully saturated rings. The highest BCUT2D eigenvalue weighted by Crippen LogP contribution is 2.11. The molecule has 0 aromatic carbocycles. The van der Waals surface area contributed by atoms with Gasteiger partial charge in [-0.2, -0.15) is 0 Å². The second-order valence-corrected chi connectivity index (χ2v) is 6.20. The molecule has 0 aromatic rings. The Kier molecular flexibility index (Phi) is 17.9. The molecule has 22 heavy (non-hydrogen) atoms. The normalized spacial score (nSPS) is 14.2. The number of hydroxylamine groups is 1. The number of amides is 1. The van der Waals surface area contributed by atoms with E-state index in [1.54, 1.807) is 0 Å². The van der Waals surface area contributed by atoms with E-state index in [-0.39, 0.29) is 5.91 Å². The Balaban J connectivity index is 0.000000604. The fourth-order valence-electron chi connectivity index (χ4n) is 2.48.